The van der Waals surface area contributed by atoms with Crippen LogP contribution in [0.25, 0.3) is 5.76 Å². The SMILES string of the molecule is C=C=C(O)c1ccc(F)cc1Cc1ccc(C(=O)OCC)cc1[N+](=O)[O-]. The van der Waals surface area contributed by atoms with E-state index in [-0.39, 0.29) is 41.2 Å². The lowest BCUT2D eigenvalue weighted by Gasteiger charge is -2.10. The number of aliphatic hydroxyl groups is 1. The molecule has 0 bridgehead atoms. The topological polar surface area (TPSA) is 89.7 Å². The number of carbonyl (C=O) groups excluding carboxylic acids is 1. The summed E-state index contributed by atoms with van der Waals surface area (Å²) in [7, 11) is 0. The maximum atomic E-state index is 13.6. The van der Waals surface area contributed by atoms with E-state index in [0.717, 1.165) is 12.1 Å². The first-order valence-electron chi connectivity index (χ1n) is 7.69. The highest BCUT2D eigenvalue weighted by atomic mass is 19.1. The quantitative estimate of drug-likeness (QED) is 0.275. The molecule has 0 amide bonds. The van der Waals surface area contributed by atoms with Crippen molar-refractivity contribution in [3.63, 3.8) is 0 Å². The van der Waals surface area contributed by atoms with Crippen molar-refractivity contribution in [1.82, 2.24) is 0 Å². The fourth-order valence-electron chi connectivity index (χ4n) is 2.46. The van der Waals surface area contributed by atoms with Gasteiger partial charge in [-0.1, -0.05) is 18.4 Å². The highest BCUT2D eigenvalue weighted by Crippen LogP contribution is 2.27. The van der Waals surface area contributed by atoms with E-state index in [1.807, 2.05) is 0 Å². The van der Waals surface area contributed by atoms with Crippen LogP contribution in [0.15, 0.2) is 48.7 Å². The van der Waals surface area contributed by atoms with Crippen LogP contribution in [0.1, 0.15) is 34.0 Å². The molecule has 7 heteroatoms. The van der Waals surface area contributed by atoms with E-state index in [9.17, 15) is 24.4 Å². The highest BCUT2D eigenvalue weighted by molar-refractivity contribution is 5.90. The number of ether oxygens (including phenoxy) is 1. The Kier molecular flexibility index (Phi) is 5.88. The summed E-state index contributed by atoms with van der Waals surface area (Å²) < 4.78 is 18.4. The van der Waals surface area contributed by atoms with Gasteiger partial charge >= 0.3 is 5.97 Å². The van der Waals surface area contributed by atoms with Gasteiger partial charge in [0.15, 0.2) is 5.76 Å². The van der Waals surface area contributed by atoms with Crippen LogP contribution in [-0.4, -0.2) is 22.6 Å². The molecule has 0 heterocycles. The van der Waals surface area contributed by atoms with Crippen LogP contribution in [0.2, 0.25) is 0 Å². The van der Waals surface area contributed by atoms with Gasteiger partial charge in [0, 0.05) is 23.6 Å². The summed E-state index contributed by atoms with van der Waals surface area (Å²) in [5, 5.41) is 21.2. The molecule has 0 saturated carbocycles. The Morgan fingerprint density at radius 1 is 1.31 bits per heavy atom. The van der Waals surface area contributed by atoms with Gasteiger partial charge in [-0.05, 0) is 36.8 Å². The Morgan fingerprint density at radius 2 is 2.04 bits per heavy atom. The molecule has 0 aromatic heterocycles. The van der Waals surface area contributed by atoms with Crippen molar-refractivity contribution < 1.29 is 24.0 Å². The first kappa shape index (κ1) is 18.9. The van der Waals surface area contributed by atoms with Crippen LogP contribution in [0.4, 0.5) is 10.1 Å². The molecule has 0 aliphatic heterocycles. The molecule has 0 saturated heterocycles. The summed E-state index contributed by atoms with van der Waals surface area (Å²) >= 11 is 0. The lowest BCUT2D eigenvalue weighted by molar-refractivity contribution is -0.385. The molecule has 1 N–H and O–H groups in total. The Hall–Kier alpha value is -3.44. The molecule has 2 aromatic rings. The number of carbonyl (C=O) groups is 1. The highest BCUT2D eigenvalue weighted by Gasteiger charge is 2.20. The molecular weight excluding hydrogens is 341 g/mol. The second kappa shape index (κ2) is 8.09. The Bertz CT molecular complexity index is 916. The van der Waals surface area contributed by atoms with Crippen molar-refractivity contribution in [3.8, 4) is 0 Å². The minimum Gasteiger partial charge on any atom is -0.501 e. The lowest BCUT2D eigenvalue weighted by Crippen LogP contribution is -2.07. The maximum Gasteiger partial charge on any atom is 0.338 e. The largest absolute Gasteiger partial charge is 0.501 e. The van der Waals surface area contributed by atoms with Gasteiger partial charge in [0.2, 0.25) is 0 Å². The van der Waals surface area contributed by atoms with E-state index in [4.69, 9.17) is 4.74 Å². The minimum atomic E-state index is -0.666. The van der Waals surface area contributed by atoms with E-state index in [2.05, 4.69) is 12.3 Å². The molecule has 0 spiro atoms. The van der Waals surface area contributed by atoms with E-state index in [0.29, 0.717) is 5.56 Å². The van der Waals surface area contributed by atoms with Crippen LogP contribution in [0.3, 0.4) is 0 Å². The molecule has 0 atom stereocenters. The smallest absolute Gasteiger partial charge is 0.338 e. The fourth-order valence-corrected chi connectivity index (χ4v) is 2.46. The monoisotopic (exact) mass is 357 g/mol. The number of benzene rings is 2. The Balaban J connectivity index is 2.50. The van der Waals surface area contributed by atoms with E-state index >= 15 is 0 Å². The Labute approximate surface area is 149 Å². The van der Waals surface area contributed by atoms with Crippen LogP contribution in [-0.2, 0) is 11.2 Å². The zero-order valence-corrected chi connectivity index (χ0v) is 14.0. The third-order valence-corrected chi connectivity index (χ3v) is 3.66. The summed E-state index contributed by atoms with van der Waals surface area (Å²) in [6, 6.07) is 7.61. The van der Waals surface area contributed by atoms with Crippen molar-refractivity contribution in [3.05, 3.63) is 86.9 Å². The molecule has 0 aliphatic carbocycles. The van der Waals surface area contributed by atoms with Crippen LogP contribution < -0.4 is 0 Å². The van der Waals surface area contributed by atoms with Gasteiger partial charge in [-0.2, -0.15) is 0 Å². The second-order valence-corrected chi connectivity index (χ2v) is 5.32. The zero-order chi connectivity index (χ0) is 19.3. The first-order valence-corrected chi connectivity index (χ1v) is 7.69. The van der Waals surface area contributed by atoms with Crippen LogP contribution >= 0.6 is 0 Å². The van der Waals surface area contributed by atoms with E-state index in [1.54, 1.807) is 6.92 Å². The molecule has 26 heavy (non-hydrogen) atoms. The zero-order valence-electron chi connectivity index (χ0n) is 14.0. The van der Waals surface area contributed by atoms with Gasteiger partial charge in [-0.3, -0.25) is 10.1 Å². The third-order valence-electron chi connectivity index (χ3n) is 3.66. The number of rotatable bonds is 6. The van der Waals surface area contributed by atoms with Crippen molar-refractivity contribution in [1.29, 1.82) is 0 Å². The Morgan fingerprint density at radius 3 is 2.65 bits per heavy atom. The van der Waals surface area contributed by atoms with Gasteiger partial charge in [-0.15, -0.1) is 0 Å². The van der Waals surface area contributed by atoms with Crippen molar-refractivity contribution in [2.75, 3.05) is 6.61 Å². The van der Waals surface area contributed by atoms with Crippen molar-refractivity contribution in [2.24, 2.45) is 0 Å². The summed E-state index contributed by atoms with van der Waals surface area (Å²) in [6.07, 6.45) is -0.0295. The molecule has 0 aliphatic rings. The molecule has 0 fully saturated rings. The van der Waals surface area contributed by atoms with Crippen molar-refractivity contribution in [2.45, 2.75) is 13.3 Å². The van der Waals surface area contributed by atoms with Gasteiger partial charge in [0.05, 0.1) is 17.1 Å². The average molecular weight is 357 g/mol. The average Bonchev–Trinajstić information content (AvgIpc) is 2.61. The number of esters is 1. The molecule has 6 nitrogen and oxygen atoms in total. The molecule has 0 unspecified atom stereocenters. The van der Waals surface area contributed by atoms with E-state index < -0.39 is 16.7 Å². The van der Waals surface area contributed by atoms with E-state index in [1.165, 1.54) is 24.3 Å². The molecule has 2 rings (SSSR count). The summed E-state index contributed by atoms with van der Waals surface area (Å²) in [6.45, 7) is 5.11. The fraction of sp³-hybridized carbons (Fsp3) is 0.158. The second-order valence-electron chi connectivity index (χ2n) is 5.32. The van der Waals surface area contributed by atoms with Crippen LogP contribution in [0.5, 0.6) is 0 Å². The normalized spacial score (nSPS) is 10.1. The predicted molar refractivity (Wildman–Crippen MR) is 93.4 cm³/mol. The molecule has 2 aromatic carbocycles. The summed E-state index contributed by atoms with van der Waals surface area (Å²) in [5.74, 6) is -1.50. The summed E-state index contributed by atoms with van der Waals surface area (Å²) in [4.78, 5) is 22.5. The summed E-state index contributed by atoms with van der Waals surface area (Å²) in [5.41, 5.74) is 2.91. The van der Waals surface area contributed by atoms with Gasteiger partial charge in [0.25, 0.3) is 5.69 Å². The molecule has 0 radical (unpaired) electrons. The number of nitro groups is 1. The standard InChI is InChI=1S/C19H16FNO5/c1-3-18(22)16-8-7-15(20)10-14(16)9-12-5-6-13(19(23)26-4-2)11-17(12)21(24)25/h5-8,10-11,22H,1,4,9H2,2H3. The van der Waals surface area contributed by atoms with Crippen LogP contribution in [0, 0.1) is 15.9 Å². The number of nitro benzene ring substituents is 1. The maximum absolute atomic E-state index is 13.6. The third kappa shape index (κ3) is 4.15. The minimum absolute atomic E-state index is 0.0295. The number of halogens is 1. The molecule has 134 valence electrons. The predicted octanol–water partition coefficient (Wildman–Crippen LogP) is 4.19. The number of hydrogen-bond donors (Lipinski definition) is 1. The van der Waals surface area contributed by atoms with Gasteiger partial charge in [-0.25, -0.2) is 9.18 Å². The van der Waals surface area contributed by atoms with Gasteiger partial charge in [0.1, 0.15) is 5.82 Å². The molecular formula is C19H16FNO5. The van der Waals surface area contributed by atoms with Crippen molar-refractivity contribution >= 4 is 17.4 Å². The van der Waals surface area contributed by atoms with Gasteiger partial charge < -0.3 is 9.84 Å². The number of aliphatic hydroxyl groups excluding tert-OH is 1. The number of hydrogen-bond acceptors (Lipinski definition) is 5. The number of nitrogens with zero attached hydrogens (tertiary/aromatic N) is 1. The first-order chi connectivity index (χ1) is 12.4. The lowest BCUT2D eigenvalue weighted by atomic mass is 9.96.